The minimum Gasteiger partial charge on any atom is -0.381 e. The fraction of sp³-hybridized carbons (Fsp3) is 0.500. The smallest absolute Gasteiger partial charge is 0.241 e. The highest BCUT2D eigenvalue weighted by Gasteiger charge is 2.47. The maximum Gasteiger partial charge on any atom is 0.241 e. The van der Waals surface area contributed by atoms with Crippen LogP contribution in [-0.2, 0) is 9.53 Å². The van der Waals surface area contributed by atoms with Crippen LogP contribution in [0.5, 0.6) is 0 Å². The number of halogens is 1. The molecule has 3 rings (SSSR count). The Balaban J connectivity index is 1.49. The van der Waals surface area contributed by atoms with E-state index < -0.39 is 0 Å². The second kappa shape index (κ2) is 5.02. The molecular weight excluding hydrogens is 264 g/mol. The summed E-state index contributed by atoms with van der Waals surface area (Å²) in [5.74, 6) is 0.123. The highest BCUT2D eigenvalue weighted by Crippen LogP contribution is 2.38. The second-order valence-electron chi connectivity index (χ2n) is 5.39. The van der Waals surface area contributed by atoms with Crippen molar-refractivity contribution in [1.82, 2.24) is 4.90 Å². The lowest BCUT2D eigenvalue weighted by Gasteiger charge is -2.47. The number of nitrogens with one attached hydrogen (secondary N) is 1. The number of para-hydroxylation sites is 1. The van der Waals surface area contributed by atoms with Crippen LogP contribution in [0.2, 0.25) is 5.02 Å². The number of ether oxygens (including phenoxy) is 1. The number of nitrogens with zero attached hydrogens (tertiary/aromatic N) is 1. The molecule has 2 aliphatic heterocycles. The lowest BCUT2D eigenvalue weighted by atomic mass is 9.79. The molecule has 4 nitrogen and oxygen atoms in total. The largest absolute Gasteiger partial charge is 0.381 e. The van der Waals surface area contributed by atoms with Gasteiger partial charge in [0.05, 0.1) is 23.9 Å². The minimum atomic E-state index is 0.123. The van der Waals surface area contributed by atoms with Crippen LogP contribution in [0.15, 0.2) is 24.3 Å². The van der Waals surface area contributed by atoms with Crippen molar-refractivity contribution < 1.29 is 9.53 Å². The molecule has 2 saturated heterocycles. The summed E-state index contributed by atoms with van der Waals surface area (Å²) in [6.07, 6.45) is 1.08. The number of carbonyl (C=O) groups is 1. The van der Waals surface area contributed by atoms with Crippen LogP contribution in [0.25, 0.3) is 0 Å². The third-order valence-corrected chi connectivity index (χ3v) is 4.22. The number of benzene rings is 1. The summed E-state index contributed by atoms with van der Waals surface area (Å²) in [7, 11) is 0. The molecule has 2 aliphatic rings. The quantitative estimate of drug-likeness (QED) is 0.921. The zero-order chi connectivity index (χ0) is 13.3. The number of amides is 1. The van der Waals surface area contributed by atoms with Gasteiger partial charge in [0.15, 0.2) is 0 Å². The van der Waals surface area contributed by atoms with Crippen molar-refractivity contribution >= 4 is 23.2 Å². The monoisotopic (exact) mass is 280 g/mol. The van der Waals surface area contributed by atoms with Crippen molar-refractivity contribution in [2.75, 3.05) is 38.2 Å². The highest BCUT2D eigenvalue weighted by molar-refractivity contribution is 6.33. The maximum atomic E-state index is 12.0. The minimum absolute atomic E-state index is 0.123. The van der Waals surface area contributed by atoms with Gasteiger partial charge >= 0.3 is 0 Å². The summed E-state index contributed by atoms with van der Waals surface area (Å²) >= 11 is 6.03. The standard InChI is InChI=1S/C14H17ClN2O2/c15-11-3-1-2-4-12(11)16-7-13(18)17-8-14(9-17)5-6-19-10-14/h1-4,16H,5-10H2. The molecule has 1 aromatic carbocycles. The van der Waals surface area contributed by atoms with Gasteiger partial charge in [-0.25, -0.2) is 0 Å². The van der Waals surface area contributed by atoms with Crippen LogP contribution in [0.3, 0.4) is 0 Å². The van der Waals surface area contributed by atoms with Gasteiger partial charge in [0.1, 0.15) is 0 Å². The van der Waals surface area contributed by atoms with Crippen molar-refractivity contribution in [2.24, 2.45) is 5.41 Å². The highest BCUT2D eigenvalue weighted by atomic mass is 35.5. The zero-order valence-corrected chi connectivity index (χ0v) is 11.4. The molecule has 0 bridgehead atoms. The molecule has 0 unspecified atom stereocenters. The predicted molar refractivity (Wildman–Crippen MR) is 74.4 cm³/mol. The normalized spacial score (nSPS) is 20.4. The van der Waals surface area contributed by atoms with E-state index in [1.807, 2.05) is 29.2 Å². The Hall–Kier alpha value is -1.26. The van der Waals surface area contributed by atoms with Crippen LogP contribution in [0, 0.1) is 5.41 Å². The first kappa shape index (κ1) is 12.8. The first-order chi connectivity index (χ1) is 9.19. The van der Waals surface area contributed by atoms with Crippen LogP contribution >= 0.6 is 11.6 Å². The van der Waals surface area contributed by atoms with Gasteiger partial charge in [0.2, 0.25) is 5.91 Å². The van der Waals surface area contributed by atoms with Crippen LogP contribution in [0.4, 0.5) is 5.69 Å². The molecule has 2 fully saturated rings. The van der Waals surface area contributed by atoms with Gasteiger partial charge in [-0.05, 0) is 18.6 Å². The summed E-state index contributed by atoms with van der Waals surface area (Å²) < 4.78 is 5.40. The Morgan fingerprint density at radius 1 is 1.42 bits per heavy atom. The Bertz CT molecular complexity index is 478. The second-order valence-corrected chi connectivity index (χ2v) is 5.79. The number of likely N-dealkylation sites (tertiary alicyclic amines) is 1. The first-order valence-corrected chi connectivity index (χ1v) is 6.90. The topological polar surface area (TPSA) is 41.6 Å². The first-order valence-electron chi connectivity index (χ1n) is 6.53. The van der Waals surface area contributed by atoms with Gasteiger partial charge in [0.25, 0.3) is 0 Å². The molecule has 0 aliphatic carbocycles. The van der Waals surface area contributed by atoms with Crippen LogP contribution in [0.1, 0.15) is 6.42 Å². The Labute approximate surface area is 117 Å². The van der Waals surface area contributed by atoms with E-state index in [-0.39, 0.29) is 11.3 Å². The number of carbonyl (C=O) groups excluding carboxylic acids is 1. The predicted octanol–water partition coefficient (Wildman–Crippen LogP) is 2.00. The molecule has 0 atom stereocenters. The molecule has 1 N–H and O–H groups in total. The third kappa shape index (κ3) is 2.55. The summed E-state index contributed by atoms with van der Waals surface area (Å²) in [6, 6.07) is 7.45. The van der Waals surface area contributed by atoms with Gasteiger partial charge in [-0.3, -0.25) is 4.79 Å². The van der Waals surface area contributed by atoms with E-state index >= 15 is 0 Å². The molecule has 1 aromatic rings. The summed E-state index contributed by atoms with van der Waals surface area (Å²) in [4.78, 5) is 13.9. The Morgan fingerprint density at radius 2 is 2.21 bits per heavy atom. The van der Waals surface area contributed by atoms with Crippen LogP contribution < -0.4 is 5.32 Å². The van der Waals surface area contributed by atoms with E-state index in [0.29, 0.717) is 11.6 Å². The zero-order valence-electron chi connectivity index (χ0n) is 10.7. The number of hydrogen-bond acceptors (Lipinski definition) is 3. The molecule has 1 spiro atoms. The summed E-state index contributed by atoms with van der Waals surface area (Å²) in [5.41, 5.74) is 1.05. The number of anilines is 1. The average molecular weight is 281 g/mol. The van der Waals surface area contributed by atoms with E-state index in [9.17, 15) is 4.79 Å². The molecular formula is C14H17ClN2O2. The fourth-order valence-corrected chi connectivity index (χ4v) is 2.93. The van der Waals surface area contributed by atoms with Gasteiger partial charge in [0, 0.05) is 25.1 Å². The molecule has 1 amide bonds. The van der Waals surface area contributed by atoms with E-state index in [0.717, 1.165) is 38.4 Å². The molecule has 0 radical (unpaired) electrons. The lowest BCUT2D eigenvalue weighted by molar-refractivity contribution is -0.141. The fourth-order valence-electron chi connectivity index (χ4n) is 2.73. The van der Waals surface area contributed by atoms with Crippen LogP contribution in [-0.4, -0.2) is 43.7 Å². The Kier molecular flexibility index (Phi) is 3.37. The number of hydrogen-bond donors (Lipinski definition) is 1. The van der Waals surface area contributed by atoms with Gasteiger partial charge in [-0.15, -0.1) is 0 Å². The van der Waals surface area contributed by atoms with E-state index in [2.05, 4.69) is 5.32 Å². The molecule has 19 heavy (non-hydrogen) atoms. The SMILES string of the molecule is O=C(CNc1ccccc1Cl)N1CC2(CCOC2)C1. The van der Waals surface area contributed by atoms with Crippen molar-refractivity contribution in [2.45, 2.75) is 6.42 Å². The van der Waals surface area contributed by atoms with Crippen molar-refractivity contribution in [3.63, 3.8) is 0 Å². The Morgan fingerprint density at radius 3 is 2.89 bits per heavy atom. The number of rotatable bonds is 3. The van der Waals surface area contributed by atoms with Crippen molar-refractivity contribution in [3.8, 4) is 0 Å². The van der Waals surface area contributed by atoms with Gasteiger partial charge in [-0.1, -0.05) is 23.7 Å². The molecule has 2 heterocycles. The molecule has 0 aromatic heterocycles. The lowest BCUT2D eigenvalue weighted by Crippen LogP contribution is -2.59. The molecule has 0 saturated carbocycles. The summed E-state index contributed by atoms with van der Waals surface area (Å²) in [6.45, 7) is 3.58. The third-order valence-electron chi connectivity index (χ3n) is 3.89. The summed E-state index contributed by atoms with van der Waals surface area (Å²) in [5, 5.41) is 3.72. The van der Waals surface area contributed by atoms with E-state index in [1.165, 1.54) is 0 Å². The average Bonchev–Trinajstić information content (AvgIpc) is 2.85. The molecule has 102 valence electrons. The van der Waals surface area contributed by atoms with Gasteiger partial charge in [-0.2, -0.15) is 0 Å². The van der Waals surface area contributed by atoms with E-state index in [4.69, 9.17) is 16.3 Å². The van der Waals surface area contributed by atoms with E-state index in [1.54, 1.807) is 0 Å². The van der Waals surface area contributed by atoms with Crippen molar-refractivity contribution in [1.29, 1.82) is 0 Å². The van der Waals surface area contributed by atoms with Gasteiger partial charge < -0.3 is 15.0 Å². The van der Waals surface area contributed by atoms with Crippen molar-refractivity contribution in [3.05, 3.63) is 29.3 Å². The maximum absolute atomic E-state index is 12.0. The molecule has 5 heteroatoms.